The van der Waals surface area contributed by atoms with E-state index in [9.17, 15) is 4.79 Å². The topological polar surface area (TPSA) is 64.3 Å². The van der Waals surface area contributed by atoms with Gasteiger partial charge in [0.1, 0.15) is 0 Å². The van der Waals surface area contributed by atoms with Crippen LogP contribution in [0, 0.1) is 0 Å². The Balaban J connectivity index is 0.00000200. The zero-order chi connectivity index (χ0) is 13.8. The van der Waals surface area contributed by atoms with Gasteiger partial charge < -0.3 is 15.8 Å². The average molecular weight is 319 g/mol. The maximum Gasteiger partial charge on any atom is 0.223 e. The molecule has 2 rings (SSSR count). The molecule has 1 aliphatic carbocycles. The van der Waals surface area contributed by atoms with Gasteiger partial charge in [-0.05, 0) is 36.1 Å². The van der Waals surface area contributed by atoms with Crippen molar-refractivity contribution in [1.82, 2.24) is 5.32 Å². The number of amides is 1. The molecule has 1 aliphatic rings. The average Bonchev–Trinajstić information content (AvgIpc) is 2.78. The molecule has 0 aliphatic heterocycles. The summed E-state index contributed by atoms with van der Waals surface area (Å²) in [6, 6.07) is 5.91. The number of hydrogen-bond acceptors (Lipinski definition) is 3. The van der Waals surface area contributed by atoms with Crippen LogP contribution in [0.1, 0.15) is 30.0 Å². The predicted molar refractivity (Wildman–Crippen MR) is 82.4 cm³/mol. The van der Waals surface area contributed by atoms with E-state index in [-0.39, 0.29) is 30.5 Å². The van der Waals surface area contributed by atoms with Crippen molar-refractivity contribution in [2.24, 2.45) is 5.73 Å². The first-order valence-electron chi connectivity index (χ1n) is 6.44. The number of fused-ring (bicyclic) bond motifs is 1. The number of aryl methyl sites for hydroxylation is 1. The van der Waals surface area contributed by atoms with Crippen LogP contribution in [0.15, 0.2) is 18.2 Å². The van der Waals surface area contributed by atoms with Crippen LogP contribution in [0.4, 0.5) is 0 Å². The van der Waals surface area contributed by atoms with Crippen LogP contribution < -0.4 is 11.1 Å². The molecule has 2 atom stereocenters. The molecular formula is C14H20Cl2N2O2. The summed E-state index contributed by atoms with van der Waals surface area (Å²) in [4.78, 5) is 11.9. The van der Waals surface area contributed by atoms with Crippen molar-refractivity contribution in [3.8, 4) is 0 Å². The highest BCUT2D eigenvalue weighted by molar-refractivity contribution is 6.30. The van der Waals surface area contributed by atoms with Crippen LogP contribution in [-0.4, -0.2) is 25.7 Å². The molecule has 0 aromatic heterocycles. The molecule has 0 radical (unpaired) electrons. The van der Waals surface area contributed by atoms with Crippen LogP contribution in [0.5, 0.6) is 0 Å². The third kappa shape index (κ3) is 4.09. The van der Waals surface area contributed by atoms with Crippen molar-refractivity contribution in [2.75, 3.05) is 13.7 Å². The molecule has 112 valence electrons. The highest BCUT2D eigenvalue weighted by atomic mass is 35.5. The second kappa shape index (κ2) is 7.84. The summed E-state index contributed by atoms with van der Waals surface area (Å²) < 4.78 is 5.12. The molecule has 0 fully saturated rings. The van der Waals surface area contributed by atoms with Crippen molar-refractivity contribution >= 4 is 29.9 Å². The number of nitrogens with one attached hydrogen (secondary N) is 1. The van der Waals surface area contributed by atoms with Gasteiger partial charge in [-0.1, -0.05) is 17.7 Å². The summed E-state index contributed by atoms with van der Waals surface area (Å²) in [5, 5.41) is 3.78. The molecule has 0 saturated carbocycles. The molecule has 1 aromatic rings. The standard InChI is InChI=1S/C14H19ClN2O2.ClH/c1-19-11(8-16)7-14(18)17-13-5-2-9-6-10(15)3-4-12(9)13;/h3-4,6,11,13H,2,5,7-8,16H2,1H3,(H,17,18);1H. The lowest BCUT2D eigenvalue weighted by Gasteiger charge is -2.17. The SMILES string of the molecule is COC(CN)CC(=O)NC1CCc2cc(Cl)ccc21.Cl. The second-order valence-electron chi connectivity index (χ2n) is 4.80. The van der Waals surface area contributed by atoms with Gasteiger partial charge in [0.25, 0.3) is 0 Å². The molecule has 3 N–H and O–H groups in total. The van der Waals surface area contributed by atoms with Crippen LogP contribution >= 0.6 is 24.0 Å². The fourth-order valence-electron chi connectivity index (χ4n) is 2.46. The Kier molecular flexibility index (Phi) is 6.76. The maximum absolute atomic E-state index is 11.9. The number of benzene rings is 1. The Morgan fingerprint density at radius 1 is 1.60 bits per heavy atom. The number of methoxy groups -OCH3 is 1. The van der Waals surface area contributed by atoms with Gasteiger partial charge in [-0.15, -0.1) is 12.4 Å². The smallest absolute Gasteiger partial charge is 0.223 e. The number of ether oxygens (including phenoxy) is 1. The number of nitrogens with two attached hydrogens (primary N) is 1. The maximum atomic E-state index is 11.9. The van der Waals surface area contributed by atoms with Gasteiger partial charge in [-0.2, -0.15) is 0 Å². The van der Waals surface area contributed by atoms with Gasteiger partial charge in [0.15, 0.2) is 0 Å². The Morgan fingerprint density at radius 3 is 3.00 bits per heavy atom. The minimum Gasteiger partial charge on any atom is -0.380 e. The van der Waals surface area contributed by atoms with Crippen molar-refractivity contribution < 1.29 is 9.53 Å². The van der Waals surface area contributed by atoms with Crippen LogP contribution in [0.3, 0.4) is 0 Å². The van der Waals surface area contributed by atoms with E-state index in [1.54, 1.807) is 7.11 Å². The number of rotatable bonds is 5. The summed E-state index contributed by atoms with van der Waals surface area (Å²) >= 11 is 5.97. The number of carbonyl (C=O) groups is 1. The lowest BCUT2D eigenvalue weighted by Crippen LogP contribution is -2.33. The molecule has 0 spiro atoms. The minimum absolute atomic E-state index is 0. The lowest BCUT2D eigenvalue weighted by atomic mass is 10.1. The fourth-order valence-corrected chi connectivity index (χ4v) is 2.65. The van der Waals surface area contributed by atoms with E-state index < -0.39 is 0 Å². The molecule has 1 amide bonds. The molecule has 4 nitrogen and oxygen atoms in total. The third-order valence-electron chi connectivity index (χ3n) is 3.53. The zero-order valence-electron chi connectivity index (χ0n) is 11.4. The van der Waals surface area contributed by atoms with Crippen LogP contribution in [-0.2, 0) is 16.0 Å². The Labute approximate surface area is 130 Å². The monoisotopic (exact) mass is 318 g/mol. The summed E-state index contributed by atoms with van der Waals surface area (Å²) in [7, 11) is 1.57. The number of halogens is 2. The molecule has 0 heterocycles. The van der Waals surface area contributed by atoms with Crippen molar-refractivity contribution in [3.63, 3.8) is 0 Å². The van der Waals surface area contributed by atoms with Gasteiger partial charge in [0, 0.05) is 18.7 Å². The van der Waals surface area contributed by atoms with Crippen LogP contribution in [0.25, 0.3) is 0 Å². The molecule has 6 heteroatoms. The summed E-state index contributed by atoms with van der Waals surface area (Å²) in [5.74, 6) is -0.0231. The van der Waals surface area contributed by atoms with Gasteiger partial charge >= 0.3 is 0 Å². The van der Waals surface area contributed by atoms with E-state index in [2.05, 4.69) is 5.32 Å². The lowest BCUT2D eigenvalue weighted by molar-refractivity contribution is -0.124. The van der Waals surface area contributed by atoms with Crippen molar-refractivity contribution in [2.45, 2.75) is 31.4 Å². The molecule has 1 aromatic carbocycles. The van der Waals surface area contributed by atoms with E-state index in [0.29, 0.717) is 13.0 Å². The normalized spacial score (nSPS) is 18.1. The van der Waals surface area contributed by atoms with E-state index in [0.717, 1.165) is 17.9 Å². The summed E-state index contributed by atoms with van der Waals surface area (Å²) in [6.07, 6.45) is 1.95. The van der Waals surface area contributed by atoms with Gasteiger partial charge in [0.2, 0.25) is 5.91 Å². The highest BCUT2D eigenvalue weighted by Crippen LogP contribution is 2.32. The van der Waals surface area contributed by atoms with Gasteiger partial charge in [-0.25, -0.2) is 0 Å². The predicted octanol–water partition coefficient (Wildman–Crippen LogP) is 2.23. The van der Waals surface area contributed by atoms with Gasteiger partial charge in [0.05, 0.1) is 18.6 Å². The first kappa shape index (κ1) is 17.2. The fraction of sp³-hybridized carbons (Fsp3) is 0.500. The highest BCUT2D eigenvalue weighted by Gasteiger charge is 2.24. The summed E-state index contributed by atoms with van der Waals surface area (Å²) in [5.41, 5.74) is 7.90. The Morgan fingerprint density at radius 2 is 2.35 bits per heavy atom. The minimum atomic E-state index is -0.217. The largest absolute Gasteiger partial charge is 0.380 e. The van der Waals surface area contributed by atoms with E-state index in [1.165, 1.54) is 11.1 Å². The zero-order valence-corrected chi connectivity index (χ0v) is 13.0. The molecule has 20 heavy (non-hydrogen) atoms. The molecule has 0 bridgehead atoms. The van der Waals surface area contributed by atoms with Crippen LogP contribution in [0.2, 0.25) is 5.02 Å². The molecule has 0 saturated heterocycles. The first-order valence-corrected chi connectivity index (χ1v) is 6.82. The third-order valence-corrected chi connectivity index (χ3v) is 3.76. The van der Waals surface area contributed by atoms with E-state index in [1.807, 2.05) is 18.2 Å². The quantitative estimate of drug-likeness (QED) is 0.875. The Hall–Kier alpha value is -0.810. The molecular weight excluding hydrogens is 299 g/mol. The first-order chi connectivity index (χ1) is 9.13. The number of carbonyl (C=O) groups excluding carboxylic acids is 1. The van der Waals surface area contributed by atoms with E-state index in [4.69, 9.17) is 22.1 Å². The Bertz CT molecular complexity index is 464. The van der Waals surface area contributed by atoms with Crippen molar-refractivity contribution in [1.29, 1.82) is 0 Å². The molecule has 2 unspecified atom stereocenters. The number of hydrogen-bond donors (Lipinski definition) is 2. The van der Waals surface area contributed by atoms with Gasteiger partial charge in [-0.3, -0.25) is 4.79 Å². The van der Waals surface area contributed by atoms with E-state index >= 15 is 0 Å². The summed E-state index contributed by atoms with van der Waals surface area (Å²) in [6.45, 7) is 0.348. The second-order valence-corrected chi connectivity index (χ2v) is 5.24. The van der Waals surface area contributed by atoms with Crippen molar-refractivity contribution in [3.05, 3.63) is 34.3 Å².